The molecule has 28 heteroatoms. The number of phosphoric acid groups is 3. The number of aliphatic hydroxyl groups is 2. The van der Waals surface area contributed by atoms with E-state index in [1.165, 1.54) is 13.8 Å². The number of aliphatic hydroxyl groups excluding tert-OH is 2. The summed E-state index contributed by atoms with van der Waals surface area (Å²) in [5.74, 6) is -1.22. The Morgan fingerprint density at radius 2 is 1.72 bits per heavy atom. The number of nitrogens with two attached hydrogens (primary N) is 1. The molecule has 1 aliphatic heterocycles. The van der Waals surface area contributed by atoms with Crippen molar-refractivity contribution in [3.8, 4) is 0 Å². The maximum atomic E-state index is 12.6. The lowest BCUT2D eigenvalue weighted by atomic mass is 9.87. The highest BCUT2D eigenvalue weighted by Gasteiger charge is 2.50. The monoisotopic (exact) mass is 837 g/mol. The average molecular weight is 838 g/mol. The number of fused-ring (bicyclic) bond motifs is 1. The van der Waals surface area contributed by atoms with Crippen LogP contribution in [0.2, 0.25) is 0 Å². The molecule has 1 aliphatic rings. The summed E-state index contributed by atoms with van der Waals surface area (Å²) in [4.78, 5) is 86.9. The smallest absolute Gasteiger partial charge is 0.386 e. The third-order valence-electron chi connectivity index (χ3n) is 7.22. The highest BCUT2D eigenvalue weighted by Crippen LogP contribution is 2.61. The first-order chi connectivity index (χ1) is 24.4. The van der Waals surface area contributed by atoms with Crippen LogP contribution >= 0.6 is 35.2 Å². The summed E-state index contributed by atoms with van der Waals surface area (Å²) in [6.07, 6.45) is -6.89. The maximum Gasteiger partial charge on any atom is 0.481 e. The molecule has 0 saturated carbocycles. The van der Waals surface area contributed by atoms with Gasteiger partial charge in [-0.05, 0) is 0 Å². The Labute approximate surface area is 306 Å². The number of amides is 2. The molecule has 2 aromatic heterocycles. The molecule has 4 unspecified atom stereocenters. The molecule has 53 heavy (non-hydrogen) atoms. The summed E-state index contributed by atoms with van der Waals surface area (Å²) in [5.41, 5.74) is 4.26. The van der Waals surface area contributed by atoms with Gasteiger partial charge in [-0.3, -0.25) is 32.5 Å². The van der Waals surface area contributed by atoms with Gasteiger partial charge in [-0.2, -0.15) is 4.31 Å². The number of hydrogen-bond donors (Lipinski definition) is 9. The topological polar surface area (TPSA) is 364 Å². The van der Waals surface area contributed by atoms with Crippen LogP contribution in [-0.4, -0.2) is 123 Å². The van der Waals surface area contributed by atoms with E-state index in [0.717, 1.165) is 29.0 Å². The minimum atomic E-state index is -5.56. The lowest BCUT2D eigenvalue weighted by Gasteiger charge is -2.30. The average Bonchev–Trinajstić information content (AvgIpc) is 3.60. The molecule has 0 aliphatic carbocycles. The van der Waals surface area contributed by atoms with Gasteiger partial charge in [-0.25, -0.2) is 28.6 Å². The van der Waals surface area contributed by atoms with Gasteiger partial charge in [0.15, 0.2) is 22.8 Å². The first-order valence-corrected chi connectivity index (χ1v) is 21.0. The van der Waals surface area contributed by atoms with Gasteiger partial charge in [0.2, 0.25) is 11.8 Å². The molecule has 10 N–H and O–H groups in total. The van der Waals surface area contributed by atoms with E-state index in [0.29, 0.717) is 5.75 Å². The summed E-state index contributed by atoms with van der Waals surface area (Å²) < 4.78 is 61.9. The van der Waals surface area contributed by atoms with Gasteiger partial charge in [0.25, 0.3) is 0 Å². The second-order valence-electron chi connectivity index (χ2n) is 12.4. The van der Waals surface area contributed by atoms with Crippen molar-refractivity contribution in [1.29, 1.82) is 0 Å². The molecule has 0 radical (unpaired) electrons. The number of ether oxygens (including phenoxy) is 1. The number of hydrogen-bond acceptors (Lipinski definition) is 18. The number of nitrogen functional groups attached to an aromatic ring is 1. The summed E-state index contributed by atoms with van der Waals surface area (Å²) >= 11 is 1.08. The van der Waals surface area contributed by atoms with Gasteiger partial charge in [0.05, 0.1) is 19.5 Å². The number of carbonyl (C=O) groups excluding carboxylic acids is 3. The van der Waals surface area contributed by atoms with Crippen molar-refractivity contribution >= 4 is 69.1 Å². The quantitative estimate of drug-likeness (QED) is 0.0589. The van der Waals surface area contributed by atoms with Crippen LogP contribution in [0.4, 0.5) is 5.82 Å². The Morgan fingerprint density at radius 1 is 1.06 bits per heavy atom. The van der Waals surface area contributed by atoms with Crippen LogP contribution in [0.1, 0.15) is 40.3 Å². The Balaban J connectivity index is 1.52. The molecule has 7 atom stereocenters. The standard InChI is InChI=1S/C25H42N7O17P3S/c1-13(2)24(37)53-8-7-27-15(33)5-6-28-22(36)19(35)25(3,4)10-46-52(43,44)49-51(41,42)45-9-14-18(48-50(38,39)40)17(34)23(47-14)32-12-31-16-20(26)29-11-30-21(16)32/h11-14,17-19,23,34-35H,5-10H2,1-4H3,(H,27,33)(H,28,36)(H,41,42)(H,43,44)(H2,26,29,30)(H2,38,39,40)/t14-,17?,18?,19+,23-/m0/s1. The second kappa shape index (κ2) is 18.5. The van der Waals surface area contributed by atoms with Gasteiger partial charge in [0, 0.05) is 36.6 Å². The van der Waals surface area contributed by atoms with Crippen LogP contribution in [0.5, 0.6) is 0 Å². The van der Waals surface area contributed by atoms with E-state index in [1.54, 1.807) is 13.8 Å². The second-order valence-corrected chi connectivity index (χ2v) is 17.7. The highest BCUT2D eigenvalue weighted by molar-refractivity contribution is 8.13. The number of nitrogens with zero attached hydrogens (tertiary/aromatic N) is 4. The molecule has 0 aromatic carbocycles. The SMILES string of the molecule is CC(C)C(=O)SCCNC(=O)CCNC(=O)[C@@H](O)C(C)(C)COP(=O)(O)OP(=O)(O)OC[C@@H]1O[C@H](n2cnc3c(N)ncnc32)C(O)C1OP(=O)(O)O. The first-order valence-electron chi connectivity index (χ1n) is 15.5. The number of thioether (sulfide) groups is 1. The molecule has 0 bridgehead atoms. The van der Waals surface area contributed by atoms with E-state index in [2.05, 4.69) is 34.4 Å². The summed E-state index contributed by atoms with van der Waals surface area (Å²) in [7, 11) is -16.4. The number of carbonyl (C=O) groups is 3. The van der Waals surface area contributed by atoms with Crippen molar-refractivity contribution in [1.82, 2.24) is 30.2 Å². The van der Waals surface area contributed by atoms with E-state index in [-0.39, 0.29) is 47.5 Å². The third-order valence-corrected chi connectivity index (χ3v) is 11.5. The molecular formula is C25H42N7O17P3S. The fourth-order valence-electron chi connectivity index (χ4n) is 4.45. The van der Waals surface area contributed by atoms with Crippen molar-refractivity contribution < 1.29 is 80.5 Å². The summed E-state index contributed by atoms with van der Waals surface area (Å²) in [5, 5.41) is 26.3. The lowest BCUT2D eigenvalue weighted by Crippen LogP contribution is -2.46. The van der Waals surface area contributed by atoms with Gasteiger partial charge in [0.1, 0.15) is 36.3 Å². The molecule has 300 valence electrons. The normalized spacial score (nSPS) is 22.3. The van der Waals surface area contributed by atoms with E-state index in [9.17, 15) is 57.9 Å². The van der Waals surface area contributed by atoms with Crippen molar-refractivity contribution in [2.45, 2.75) is 64.8 Å². The predicted octanol–water partition coefficient (Wildman–Crippen LogP) is -0.679. The molecule has 0 spiro atoms. The van der Waals surface area contributed by atoms with Gasteiger partial charge in [-0.1, -0.05) is 39.5 Å². The van der Waals surface area contributed by atoms with Crippen molar-refractivity contribution in [3.63, 3.8) is 0 Å². The van der Waals surface area contributed by atoms with E-state index in [4.69, 9.17) is 19.5 Å². The minimum Gasteiger partial charge on any atom is -0.386 e. The van der Waals surface area contributed by atoms with Gasteiger partial charge < -0.3 is 50.9 Å². The zero-order chi connectivity index (χ0) is 39.9. The number of aromatic nitrogens is 4. The Bertz CT molecular complexity index is 1760. The van der Waals surface area contributed by atoms with Crippen molar-refractivity contribution in [2.24, 2.45) is 11.3 Å². The van der Waals surface area contributed by atoms with Gasteiger partial charge >= 0.3 is 23.5 Å². The number of nitrogens with one attached hydrogen (secondary N) is 2. The Kier molecular flexibility index (Phi) is 15.7. The fourth-order valence-corrected chi connectivity index (χ4v) is 8.02. The van der Waals surface area contributed by atoms with Crippen LogP contribution < -0.4 is 16.4 Å². The lowest BCUT2D eigenvalue weighted by molar-refractivity contribution is -0.137. The number of imidazole rings is 1. The van der Waals surface area contributed by atoms with E-state index in [1.807, 2.05) is 0 Å². The van der Waals surface area contributed by atoms with Crippen LogP contribution in [-0.2, 0) is 50.7 Å². The molecule has 2 aromatic rings. The summed E-state index contributed by atoms with van der Waals surface area (Å²) in [6.45, 7) is 4.03. The van der Waals surface area contributed by atoms with Crippen LogP contribution in [0.15, 0.2) is 12.7 Å². The zero-order valence-corrected chi connectivity index (χ0v) is 32.2. The molecule has 1 saturated heterocycles. The van der Waals surface area contributed by atoms with Crippen LogP contribution in [0, 0.1) is 11.3 Å². The molecular weight excluding hydrogens is 795 g/mol. The predicted molar refractivity (Wildman–Crippen MR) is 182 cm³/mol. The molecule has 24 nitrogen and oxygen atoms in total. The molecule has 1 fully saturated rings. The number of rotatable bonds is 20. The van der Waals surface area contributed by atoms with Crippen molar-refractivity contribution in [2.75, 3.05) is 37.8 Å². The van der Waals surface area contributed by atoms with E-state index < -0.39 is 84.6 Å². The molecule has 2 amide bonds. The fraction of sp³-hybridized carbons (Fsp3) is 0.680. The van der Waals surface area contributed by atoms with E-state index >= 15 is 0 Å². The Morgan fingerprint density at radius 3 is 2.36 bits per heavy atom. The number of phosphoric ester groups is 3. The third kappa shape index (κ3) is 13.4. The molecule has 3 rings (SSSR count). The minimum absolute atomic E-state index is 0.0174. The Hall–Kier alpha value is -2.44. The highest BCUT2D eigenvalue weighted by atomic mass is 32.2. The zero-order valence-electron chi connectivity index (χ0n) is 28.7. The largest absolute Gasteiger partial charge is 0.481 e. The number of anilines is 1. The maximum absolute atomic E-state index is 12.6. The first kappa shape index (κ1) is 45.0. The molecule has 3 heterocycles. The summed E-state index contributed by atoms with van der Waals surface area (Å²) in [6, 6.07) is 0. The van der Waals surface area contributed by atoms with Gasteiger partial charge in [-0.15, -0.1) is 0 Å². The van der Waals surface area contributed by atoms with Crippen molar-refractivity contribution in [3.05, 3.63) is 12.7 Å². The van der Waals surface area contributed by atoms with Crippen LogP contribution in [0.25, 0.3) is 11.2 Å². The van der Waals surface area contributed by atoms with Crippen LogP contribution in [0.3, 0.4) is 0 Å².